The summed E-state index contributed by atoms with van der Waals surface area (Å²) in [4.78, 5) is 15.7. The van der Waals surface area contributed by atoms with E-state index in [4.69, 9.17) is 0 Å². The van der Waals surface area contributed by atoms with Crippen LogP contribution >= 0.6 is 15.9 Å². The van der Waals surface area contributed by atoms with Gasteiger partial charge < -0.3 is 4.90 Å². The van der Waals surface area contributed by atoms with E-state index < -0.39 is 0 Å². The lowest BCUT2D eigenvalue weighted by Crippen LogP contribution is -2.39. The summed E-state index contributed by atoms with van der Waals surface area (Å²) in [7, 11) is 1.85. The smallest absolute Gasteiger partial charge is 0.299 e. The minimum absolute atomic E-state index is 0.0824. The van der Waals surface area contributed by atoms with Crippen LogP contribution in [0.1, 0.15) is 32.6 Å². The molecule has 1 rings (SSSR count). The van der Waals surface area contributed by atoms with Gasteiger partial charge in [-0.1, -0.05) is 19.8 Å². The van der Waals surface area contributed by atoms with Crippen molar-refractivity contribution in [3.05, 3.63) is 0 Å². The Morgan fingerprint density at radius 1 is 1.50 bits per heavy atom. The molecule has 3 heteroatoms. The Kier molecular flexibility index (Phi) is 4.47. The highest BCUT2D eigenvalue weighted by molar-refractivity contribution is 9.12. The van der Waals surface area contributed by atoms with Crippen molar-refractivity contribution in [2.45, 2.75) is 38.6 Å². The quantitative estimate of drug-likeness (QED) is 0.661. The Morgan fingerprint density at radius 3 is 2.79 bits per heavy atom. The maximum absolute atomic E-state index is 11.5. The van der Waals surface area contributed by atoms with Gasteiger partial charge in [0.15, 0.2) is 0 Å². The average molecular weight is 258 g/mol. The third kappa shape index (κ3) is 3.02. The number of rotatable bonds is 1. The Bertz CT molecular complexity index is 266. The standard InChI is InChI=1S/C11H16BrNO/c1-9-4-3-5-10(8-9)13(2)11(14)6-7-12/h9-10H,3-5,8H2,1-2H3. The summed E-state index contributed by atoms with van der Waals surface area (Å²) in [6, 6.07) is 0.389. The van der Waals surface area contributed by atoms with Gasteiger partial charge in [-0.15, -0.1) is 0 Å². The molecule has 0 N–H and O–H groups in total. The molecule has 2 atom stereocenters. The highest BCUT2D eigenvalue weighted by Crippen LogP contribution is 2.26. The van der Waals surface area contributed by atoms with E-state index in [-0.39, 0.29) is 5.91 Å². The first-order valence-corrected chi connectivity index (χ1v) is 5.83. The fourth-order valence-electron chi connectivity index (χ4n) is 2.05. The molecule has 0 aromatic heterocycles. The zero-order valence-corrected chi connectivity index (χ0v) is 10.3. The molecule has 1 amide bonds. The SMILES string of the molecule is CC1CCCC(N(C)C(=O)C#CBr)C1. The summed E-state index contributed by atoms with van der Waals surface area (Å²) in [5, 5.41) is 0. The average Bonchev–Trinajstić information content (AvgIpc) is 2.17. The van der Waals surface area contributed by atoms with Crippen LogP contribution in [0.15, 0.2) is 0 Å². The van der Waals surface area contributed by atoms with Crippen molar-refractivity contribution in [2.24, 2.45) is 5.92 Å². The maximum atomic E-state index is 11.5. The predicted octanol–water partition coefficient (Wildman–Crippen LogP) is 2.38. The number of carbonyl (C=O) groups excluding carboxylic acids is 1. The van der Waals surface area contributed by atoms with E-state index in [1.165, 1.54) is 12.8 Å². The molecular formula is C11H16BrNO. The predicted molar refractivity (Wildman–Crippen MR) is 60.9 cm³/mol. The Labute approximate surface area is 94.2 Å². The van der Waals surface area contributed by atoms with Crippen molar-refractivity contribution >= 4 is 21.8 Å². The number of halogens is 1. The summed E-state index contributed by atoms with van der Waals surface area (Å²) in [6.45, 7) is 2.25. The lowest BCUT2D eigenvalue weighted by atomic mass is 9.86. The first-order valence-electron chi connectivity index (χ1n) is 5.03. The highest BCUT2D eigenvalue weighted by Gasteiger charge is 2.24. The van der Waals surface area contributed by atoms with Crippen molar-refractivity contribution in [3.63, 3.8) is 0 Å². The van der Waals surface area contributed by atoms with Gasteiger partial charge in [-0.2, -0.15) is 0 Å². The molecule has 1 fully saturated rings. The molecule has 0 radical (unpaired) electrons. The maximum Gasteiger partial charge on any atom is 0.299 e. The van der Waals surface area contributed by atoms with E-state index in [9.17, 15) is 4.79 Å². The Hall–Kier alpha value is -0.490. The van der Waals surface area contributed by atoms with Crippen LogP contribution in [0.4, 0.5) is 0 Å². The molecule has 2 nitrogen and oxygen atoms in total. The van der Waals surface area contributed by atoms with Gasteiger partial charge in [-0.3, -0.25) is 4.79 Å². The van der Waals surface area contributed by atoms with Gasteiger partial charge in [0.25, 0.3) is 5.91 Å². The zero-order valence-electron chi connectivity index (χ0n) is 8.72. The number of amides is 1. The minimum Gasteiger partial charge on any atom is -0.332 e. The van der Waals surface area contributed by atoms with E-state index in [1.54, 1.807) is 4.90 Å². The van der Waals surface area contributed by atoms with Crippen LogP contribution in [-0.4, -0.2) is 23.9 Å². The van der Waals surface area contributed by atoms with Crippen LogP contribution in [0.25, 0.3) is 0 Å². The molecular weight excluding hydrogens is 242 g/mol. The van der Waals surface area contributed by atoms with E-state index in [0.717, 1.165) is 18.8 Å². The monoisotopic (exact) mass is 257 g/mol. The van der Waals surface area contributed by atoms with Crippen LogP contribution < -0.4 is 0 Å². The largest absolute Gasteiger partial charge is 0.332 e. The molecule has 2 unspecified atom stereocenters. The number of hydrogen-bond donors (Lipinski definition) is 0. The van der Waals surface area contributed by atoms with Gasteiger partial charge in [0.1, 0.15) is 0 Å². The van der Waals surface area contributed by atoms with Gasteiger partial charge >= 0.3 is 0 Å². The van der Waals surface area contributed by atoms with Crippen molar-refractivity contribution in [2.75, 3.05) is 7.05 Å². The van der Waals surface area contributed by atoms with Crippen molar-refractivity contribution < 1.29 is 4.79 Å². The van der Waals surface area contributed by atoms with Crippen LogP contribution in [0, 0.1) is 16.7 Å². The van der Waals surface area contributed by atoms with Crippen LogP contribution in [0.5, 0.6) is 0 Å². The van der Waals surface area contributed by atoms with Gasteiger partial charge in [-0.25, -0.2) is 0 Å². The Morgan fingerprint density at radius 2 is 2.21 bits per heavy atom. The molecule has 14 heavy (non-hydrogen) atoms. The van der Waals surface area contributed by atoms with Crippen molar-refractivity contribution in [1.82, 2.24) is 4.90 Å². The molecule has 1 saturated carbocycles. The molecule has 1 aliphatic carbocycles. The zero-order chi connectivity index (χ0) is 10.6. The van der Waals surface area contributed by atoms with Crippen LogP contribution in [0.2, 0.25) is 0 Å². The molecule has 0 saturated heterocycles. The summed E-state index contributed by atoms with van der Waals surface area (Å²) in [5.74, 6) is 3.17. The van der Waals surface area contributed by atoms with Gasteiger partial charge in [0, 0.05) is 34.9 Å². The van der Waals surface area contributed by atoms with E-state index in [1.807, 2.05) is 7.05 Å². The van der Waals surface area contributed by atoms with E-state index in [0.29, 0.717) is 6.04 Å². The second-order valence-corrected chi connectivity index (χ2v) is 4.46. The molecule has 0 aliphatic heterocycles. The molecule has 0 aromatic rings. The van der Waals surface area contributed by atoms with Gasteiger partial charge in [-0.05, 0) is 23.6 Å². The fourth-order valence-corrected chi connectivity index (χ4v) is 2.22. The topological polar surface area (TPSA) is 20.3 Å². The number of hydrogen-bond acceptors (Lipinski definition) is 1. The molecule has 78 valence electrons. The fraction of sp³-hybridized carbons (Fsp3) is 0.727. The molecule has 0 bridgehead atoms. The second-order valence-electron chi connectivity index (χ2n) is 4.06. The summed E-state index contributed by atoms with van der Waals surface area (Å²) < 4.78 is 0. The first-order chi connectivity index (χ1) is 6.65. The highest BCUT2D eigenvalue weighted by atomic mass is 79.9. The lowest BCUT2D eigenvalue weighted by molar-refractivity contribution is -0.126. The lowest BCUT2D eigenvalue weighted by Gasteiger charge is -2.32. The molecule has 0 aromatic carbocycles. The van der Waals surface area contributed by atoms with Crippen LogP contribution in [0.3, 0.4) is 0 Å². The summed E-state index contributed by atoms with van der Waals surface area (Å²) in [6.07, 6.45) is 4.76. The molecule has 0 spiro atoms. The summed E-state index contributed by atoms with van der Waals surface area (Å²) >= 11 is 2.95. The van der Waals surface area contributed by atoms with Gasteiger partial charge in [0.2, 0.25) is 0 Å². The summed E-state index contributed by atoms with van der Waals surface area (Å²) in [5.41, 5.74) is 0. The minimum atomic E-state index is -0.0824. The molecule has 0 heterocycles. The molecule has 1 aliphatic rings. The third-order valence-corrected chi connectivity index (χ3v) is 3.13. The normalized spacial score (nSPS) is 26.2. The van der Waals surface area contributed by atoms with E-state index in [2.05, 4.69) is 33.6 Å². The second kappa shape index (κ2) is 5.41. The van der Waals surface area contributed by atoms with Gasteiger partial charge in [0.05, 0.1) is 0 Å². The van der Waals surface area contributed by atoms with Crippen LogP contribution in [-0.2, 0) is 4.79 Å². The third-order valence-electron chi connectivity index (χ3n) is 2.93. The van der Waals surface area contributed by atoms with Crippen molar-refractivity contribution in [1.29, 1.82) is 0 Å². The first kappa shape index (κ1) is 11.6. The van der Waals surface area contributed by atoms with Crippen molar-refractivity contribution in [3.8, 4) is 10.8 Å². The number of carbonyl (C=O) groups is 1. The van der Waals surface area contributed by atoms with E-state index >= 15 is 0 Å². The Balaban J connectivity index is 2.53. The number of nitrogens with zero attached hydrogens (tertiary/aromatic N) is 1.